The van der Waals surface area contributed by atoms with Crippen molar-refractivity contribution in [2.45, 2.75) is 26.3 Å². The average molecular weight is 203 g/mol. The molecule has 1 unspecified atom stereocenters. The molecule has 0 saturated heterocycles. The zero-order valence-electron chi connectivity index (χ0n) is 8.02. The first-order valence-electron chi connectivity index (χ1n) is 4.32. The maximum atomic E-state index is 13.0. The Morgan fingerprint density at radius 1 is 1.29 bits per heavy atom. The van der Waals surface area contributed by atoms with E-state index < -0.39 is 18.3 Å². The lowest BCUT2D eigenvalue weighted by atomic mass is 10.1. The molecule has 0 fully saturated rings. The maximum absolute atomic E-state index is 13.0. The third kappa shape index (κ3) is 2.40. The number of alkyl halides is 2. The van der Waals surface area contributed by atoms with Crippen LogP contribution in [0, 0.1) is 12.7 Å². The van der Waals surface area contributed by atoms with Crippen molar-refractivity contribution in [2.24, 2.45) is 0 Å². The lowest BCUT2D eigenvalue weighted by Gasteiger charge is -2.16. The summed E-state index contributed by atoms with van der Waals surface area (Å²) in [6.45, 7) is 2.91. The highest BCUT2D eigenvalue weighted by molar-refractivity contribution is 5.51. The fourth-order valence-corrected chi connectivity index (χ4v) is 1.07. The highest BCUT2D eigenvalue weighted by atomic mass is 19.3. The summed E-state index contributed by atoms with van der Waals surface area (Å²) in [5.41, 5.74) is 0.776. The van der Waals surface area contributed by atoms with Gasteiger partial charge in [-0.3, -0.25) is 0 Å². The van der Waals surface area contributed by atoms with Gasteiger partial charge in [-0.05, 0) is 26.0 Å². The Bertz CT molecular complexity index is 312. The van der Waals surface area contributed by atoms with Crippen LogP contribution in [0.3, 0.4) is 0 Å². The van der Waals surface area contributed by atoms with Gasteiger partial charge >= 0.3 is 0 Å². The van der Waals surface area contributed by atoms with Crippen molar-refractivity contribution < 1.29 is 13.2 Å². The van der Waals surface area contributed by atoms with Crippen LogP contribution in [0.4, 0.5) is 18.9 Å². The smallest absolute Gasteiger partial charge is 0.258 e. The van der Waals surface area contributed by atoms with E-state index in [1.807, 2.05) is 0 Å². The third-order valence-electron chi connectivity index (χ3n) is 2.03. The van der Waals surface area contributed by atoms with Gasteiger partial charge in [-0.2, -0.15) is 0 Å². The van der Waals surface area contributed by atoms with E-state index in [2.05, 4.69) is 5.32 Å². The fraction of sp³-hybridized carbons (Fsp3) is 0.400. The van der Waals surface area contributed by atoms with Crippen molar-refractivity contribution in [3.63, 3.8) is 0 Å². The van der Waals surface area contributed by atoms with Crippen LogP contribution < -0.4 is 5.32 Å². The van der Waals surface area contributed by atoms with E-state index in [1.54, 1.807) is 13.0 Å². The average Bonchev–Trinajstić information content (AvgIpc) is 2.12. The number of anilines is 1. The molecule has 1 aromatic carbocycles. The van der Waals surface area contributed by atoms with Gasteiger partial charge in [-0.25, -0.2) is 13.2 Å². The van der Waals surface area contributed by atoms with Gasteiger partial charge in [0.05, 0.1) is 6.04 Å². The van der Waals surface area contributed by atoms with Crippen molar-refractivity contribution in [1.29, 1.82) is 0 Å². The summed E-state index contributed by atoms with van der Waals surface area (Å²) in [5, 5.41) is 2.56. The van der Waals surface area contributed by atoms with E-state index in [0.717, 1.165) is 0 Å². The molecule has 1 nitrogen and oxygen atoms in total. The third-order valence-corrected chi connectivity index (χ3v) is 2.03. The van der Waals surface area contributed by atoms with Crippen LogP contribution in [0.1, 0.15) is 12.5 Å². The molecule has 0 aliphatic rings. The van der Waals surface area contributed by atoms with Gasteiger partial charge in [-0.15, -0.1) is 0 Å². The summed E-state index contributed by atoms with van der Waals surface area (Å²) in [7, 11) is 0. The largest absolute Gasteiger partial charge is 0.377 e. The predicted octanol–water partition coefficient (Wildman–Crippen LogP) is 3.20. The first-order chi connectivity index (χ1) is 6.52. The number of hydrogen-bond donors (Lipinski definition) is 1. The normalized spacial score (nSPS) is 13.0. The molecule has 0 saturated carbocycles. The molecule has 1 N–H and O–H groups in total. The van der Waals surface area contributed by atoms with Crippen molar-refractivity contribution in [2.75, 3.05) is 5.32 Å². The lowest BCUT2D eigenvalue weighted by Crippen LogP contribution is -2.24. The molecule has 0 aliphatic carbocycles. The molecule has 14 heavy (non-hydrogen) atoms. The molecular formula is C10H12F3N. The minimum absolute atomic E-state index is 0.361. The highest BCUT2D eigenvalue weighted by Crippen LogP contribution is 2.19. The minimum Gasteiger partial charge on any atom is -0.377 e. The fourth-order valence-electron chi connectivity index (χ4n) is 1.07. The molecule has 4 heteroatoms. The number of halogens is 3. The van der Waals surface area contributed by atoms with Gasteiger partial charge < -0.3 is 5.32 Å². The summed E-state index contributed by atoms with van der Waals surface area (Å²) >= 11 is 0. The predicted molar refractivity (Wildman–Crippen MR) is 50.2 cm³/mol. The highest BCUT2D eigenvalue weighted by Gasteiger charge is 2.15. The number of hydrogen-bond acceptors (Lipinski definition) is 1. The summed E-state index contributed by atoms with van der Waals surface area (Å²) in [5.74, 6) is -0.392. The van der Waals surface area contributed by atoms with Gasteiger partial charge in [0.15, 0.2) is 0 Å². The summed E-state index contributed by atoms with van der Waals surface area (Å²) in [4.78, 5) is 0. The van der Waals surface area contributed by atoms with Gasteiger partial charge in [0, 0.05) is 11.3 Å². The van der Waals surface area contributed by atoms with Gasteiger partial charge in [0.25, 0.3) is 6.43 Å². The molecule has 1 aromatic rings. The van der Waals surface area contributed by atoms with Gasteiger partial charge in [-0.1, -0.05) is 6.07 Å². The Hall–Kier alpha value is -1.19. The molecule has 1 atom stereocenters. The monoisotopic (exact) mass is 203 g/mol. The van der Waals surface area contributed by atoms with E-state index in [0.29, 0.717) is 11.3 Å². The molecule has 1 rings (SSSR count). The molecule has 0 amide bonds. The van der Waals surface area contributed by atoms with E-state index in [4.69, 9.17) is 0 Å². The maximum Gasteiger partial charge on any atom is 0.258 e. The molecule has 0 aromatic heterocycles. The molecule has 0 radical (unpaired) electrons. The second-order valence-electron chi connectivity index (χ2n) is 3.18. The first kappa shape index (κ1) is 10.9. The Morgan fingerprint density at radius 3 is 2.50 bits per heavy atom. The molecule has 78 valence electrons. The summed E-state index contributed by atoms with van der Waals surface area (Å²) in [6.07, 6.45) is -2.46. The summed E-state index contributed by atoms with van der Waals surface area (Å²) in [6, 6.07) is 3.39. The Balaban J connectivity index is 2.82. The van der Waals surface area contributed by atoms with E-state index in [-0.39, 0.29) is 0 Å². The molecule has 0 bridgehead atoms. The van der Waals surface area contributed by atoms with Crippen molar-refractivity contribution in [1.82, 2.24) is 0 Å². The van der Waals surface area contributed by atoms with Gasteiger partial charge in [0.1, 0.15) is 5.82 Å². The van der Waals surface area contributed by atoms with Gasteiger partial charge in [0.2, 0.25) is 0 Å². The van der Waals surface area contributed by atoms with E-state index in [1.165, 1.54) is 19.1 Å². The summed E-state index contributed by atoms with van der Waals surface area (Å²) < 4.78 is 37.4. The Kier molecular flexibility index (Phi) is 3.38. The van der Waals surface area contributed by atoms with Crippen LogP contribution in [0.2, 0.25) is 0 Å². The number of benzene rings is 1. The van der Waals surface area contributed by atoms with Crippen LogP contribution in [0.15, 0.2) is 18.2 Å². The SMILES string of the molecule is Cc1c(F)cccc1NC(C)C(F)F. The lowest BCUT2D eigenvalue weighted by molar-refractivity contribution is 0.130. The Morgan fingerprint density at radius 2 is 1.93 bits per heavy atom. The zero-order chi connectivity index (χ0) is 10.7. The van der Waals surface area contributed by atoms with Crippen LogP contribution in [0.25, 0.3) is 0 Å². The van der Waals surface area contributed by atoms with E-state index in [9.17, 15) is 13.2 Å². The molecular weight excluding hydrogens is 191 g/mol. The van der Waals surface area contributed by atoms with Crippen LogP contribution >= 0.6 is 0 Å². The molecule has 0 heterocycles. The zero-order valence-corrected chi connectivity index (χ0v) is 8.02. The molecule has 0 aliphatic heterocycles. The second-order valence-corrected chi connectivity index (χ2v) is 3.18. The van der Waals surface area contributed by atoms with Crippen LogP contribution in [-0.2, 0) is 0 Å². The van der Waals surface area contributed by atoms with Crippen molar-refractivity contribution >= 4 is 5.69 Å². The van der Waals surface area contributed by atoms with Crippen molar-refractivity contribution in [3.8, 4) is 0 Å². The van der Waals surface area contributed by atoms with Crippen LogP contribution in [-0.4, -0.2) is 12.5 Å². The number of rotatable bonds is 3. The Labute approximate surface area is 80.9 Å². The second kappa shape index (κ2) is 4.35. The standard InChI is InChI=1S/C10H12F3N/c1-6-8(11)4-3-5-9(6)14-7(2)10(12)13/h3-5,7,10,14H,1-2H3. The van der Waals surface area contributed by atoms with Crippen molar-refractivity contribution in [3.05, 3.63) is 29.6 Å². The minimum atomic E-state index is -2.46. The first-order valence-corrected chi connectivity index (χ1v) is 4.32. The molecule has 0 spiro atoms. The van der Waals surface area contributed by atoms with E-state index >= 15 is 0 Å². The quantitative estimate of drug-likeness (QED) is 0.795. The number of nitrogens with one attached hydrogen (secondary N) is 1. The topological polar surface area (TPSA) is 12.0 Å². The van der Waals surface area contributed by atoms with Crippen LogP contribution in [0.5, 0.6) is 0 Å².